The Labute approximate surface area is 355 Å². The quantitative estimate of drug-likeness (QED) is 0.0150. The summed E-state index contributed by atoms with van der Waals surface area (Å²) in [5.74, 6) is -1.12. The van der Waals surface area contributed by atoms with Crippen LogP contribution in [0.3, 0.4) is 0 Å². The Morgan fingerprint density at radius 1 is 0.525 bits per heavy atom. The lowest BCUT2D eigenvalue weighted by Gasteiger charge is -2.41. The number of rotatable bonds is 37. The third-order valence-corrected chi connectivity index (χ3v) is 11.4. The fourth-order valence-corrected chi connectivity index (χ4v) is 7.70. The molecule has 0 aliphatic heterocycles. The maximum atomic E-state index is 12.8. The summed E-state index contributed by atoms with van der Waals surface area (Å²) in [6, 6.07) is 0. The molecule has 14 heteroatoms. The highest BCUT2D eigenvalue weighted by molar-refractivity contribution is 7.47. The van der Waals surface area contributed by atoms with Crippen molar-refractivity contribution in [2.45, 2.75) is 224 Å². The van der Waals surface area contributed by atoms with Crippen molar-refractivity contribution in [3.8, 4) is 0 Å². The van der Waals surface area contributed by atoms with Crippen LogP contribution in [0.15, 0.2) is 36.5 Å². The van der Waals surface area contributed by atoms with Gasteiger partial charge in [0.1, 0.15) is 43.2 Å². The third-order valence-electron chi connectivity index (χ3n) is 10.5. The zero-order valence-corrected chi connectivity index (χ0v) is 37.2. The van der Waals surface area contributed by atoms with E-state index in [0.29, 0.717) is 12.8 Å². The summed E-state index contributed by atoms with van der Waals surface area (Å²) >= 11 is 0. The van der Waals surface area contributed by atoms with Gasteiger partial charge in [-0.05, 0) is 70.6 Å². The van der Waals surface area contributed by atoms with E-state index in [-0.39, 0.29) is 12.8 Å². The second-order valence-electron chi connectivity index (χ2n) is 15.9. The first-order valence-corrected chi connectivity index (χ1v) is 24.3. The maximum absolute atomic E-state index is 12.8. The molecular formula is C45H81O13P. The van der Waals surface area contributed by atoms with Crippen LogP contribution in [0.5, 0.6) is 0 Å². The Hall–Kier alpha value is -1.93. The second-order valence-corrected chi connectivity index (χ2v) is 17.3. The summed E-state index contributed by atoms with van der Waals surface area (Å²) in [6.45, 7) is 3.24. The number of allylic oxidation sites excluding steroid dienone is 6. The number of hydrogen-bond acceptors (Lipinski definition) is 12. The first-order chi connectivity index (χ1) is 28.4. The molecule has 6 unspecified atom stereocenters. The average Bonchev–Trinajstić information content (AvgIpc) is 3.21. The van der Waals surface area contributed by atoms with Gasteiger partial charge in [0.25, 0.3) is 0 Å². The molecule has 1 saturated carbocycles. The molecule has 0 aromatic carbocycles. The molecule has 0 amide bonds. The summed E-state index contributed by atoms with van der Waals surface area (Å²) in [5.41, 5.74) is 0. The van der Waals surface area contributed by atoms with Crippen molar-refractivity contribution < 1.29 is 63.1 Å². The van der Waals surface area contributed by atoms with E-state index in [2.05, 4.69) is 50.3 Å². The lowest BCUT2D eigenvalue weighted by Crippen LogP contribution is -2.64. The van der Waals surface area contributed by atoms with E-state index < -0.39 is 75.7 Å². The van der Waals surface area contributed by atoms with Gasteiger partial charge in [0.05, 0.1) is 6.61 Å². The minimum atomic E-state index is -5.12. The molecule has 0 radical (unpaired) electrons. The van der Waals surface area contributed by atoms with Gasteiger partial charge in [-0.2, -0.15) is 0 Å². The van der Waals surface area contributed by atoms with Crippen LogP contribution in [0.2, 0.25) is 0 Å². The Morgan fingerprint density at radius 3 is 1.42 bits per heavy atom. The number of esters is 2. The van der Waals surface area contributed by atoms with Crippen molar-refractivity contribution >= 4 is 19.8 Å². The van der Waals surface area contributed by atoms with E-state index in [9.17, 15) is 44.6 Å². The van der Waals surface area contributed by atoms with Crippen LogP contribution in [0.1, 0.15) is 181 Å². The summed E-state index contributed by atoms with van der Waals surface area (Å²) in [7, 11) is -5.12. The number of carbonyl (C=O) groups excluding carboxylic acids is 2. The number of phosphoric acid groups is 1. The molecular weight excluding hydrogens is 779 g/mol. The number of carbonyl (C=O) groups is 2. The zero-order chi connectivity index (χ0) is 43.6. The van der Waals surface area contributed by atoms with Crippen molar-refractivity contribution in [3.63, 3.8) is 0 Å². The largest absolute Gasteiger partial charge is 0.472 e. The number of hydrogen-bond donors (Lipinski definition) is 6. The van der Waals surface area contributed by atoms with Crippen molar-refractivity contribution in [2.75, 3.05) is 13.2 Å². The molecule has 0 aromatic heterocycles. The van der Waals surface area contributed by atoms with Gasteiger partial charge >= 0.3 is 19.8 Å². The summed E-state index contributed by atoms with van der Waals surface area (Å²) in [6.07, 6.45) is 26.3. The molecule has 59 heavy (non-hydrogen) atoms. The molecule has 13 nitrogen and oxygen atoms in total. The Kier molecular flexibility index (Phi) is 33.3. The van der Waals surface area contributed by atoms with Crippen LogP contribution >= 0.6 is 7.82 Å². The molecule has 6 N–H and O–H groups in total. The van der Waals surface area contributed by atoms with Crippen LogP contribution in [0, 0.1) is 0 Å². The van der Waals surface area contributed by atoms with Gasteiger partial charge in [-0.3, -0.25) is 18.6 Å². The van der Waals surface area contributed by atoms with Gasteiger partial charge < -0.3 is 39.9 Å². The summed E-state index contributed by atoms with van der Waals surface area (Å²) < 4.78 is 33.5. The highest BCUT2D eigenvalue weighted by atomic mass is 31.2. The molecule has 1 fully saturated rings. The number of aliphatic hydroxyl groups is 5. The molecule has 344 valence electrons. The fraction of sp³-hybridized carbons (Fsp3) is 0.822. The number of unbranched alkanes of at least 4 members (excludes halogenated alkanes) is 19. The molecule has 0 saturated heterocycles. The van der Waals surface area contributed by atoms with Crippen molar-refractivity contribution in [1.29, 1.82) is 0 Å². The first kappa shape index (κ1) is 55.1. The first-order valence-electron chi connectivity index (χ1n) is 22.8. The third kappa shape index (κ3) is 28.3. The Bertz CT molecular complexity index is 1180. The fourth-order valence-electron chi connectivity index (χ4n) is 6.72. The smallest absolute Gasteiger partial charge is 0.462 e. The minimum Gasteiger partial charge on any atom is -0.462 e. The Balaban J connectivity index is 2.47. The lowest BCUT2D eigenvalue weighted by atomic mass is 9.85. The summed E-state index contributed by atoms with van der Waals surface area (Å²) in [5, 5.41) is 50.1. The molecule has 0 aromatic rings. The molecule has 1 aliphatic rings. The van der Waals surface area contributed by atoms with Gasteiger partial charge in [-0.25, -0.2) is 4.57 Å². The van der Waals surface area contributed by atoms with E-state index in [4.69, 9.17) is 18.5 Å². The number of aliphatic hydroxyl groups excluding tert-OH is 5. The normalized spacial score (nSPS) is 22.6. The predicted molar refractivity (Wildman–Crippen MR) is 230 cm³/mol. The average molecular weight is 861 g/mol. The van der Waals surface area contributed by atoms with Crippen LogP contribution in [-0.4, -0.2) is 98.3 Å². The lowest BCUT2D eigenvalue weighted by molar-refractivity contribution is -0.220. The SMILES string of the molecule is CCCCC/C=C/C/C=C/CCCCCCCCCC(=O)OC[C@@H](COP(=O)(O)OC1C(O)C(O)C(O)[C@H](O)C1O)OC(=O)CCCCCCC/C=C/CCCCCC. The van der Waals surface area contributed by atoms with Gasteiger partial charge in [0.2, 0.25) is 0 Å². The van der Waals surface area contributed by atoms with E-state index in [1.165, 1.54) is 57.8 Å². The van der Waals surface area contributed by atoms with E-state index in [1.807, 2.05) is 0 Å². The molecule has 0 heterocycles. The molecule has 8 atom stereocenters. The highest BCUT2D eigenvalue weighted by Crippen LogP contribution is 2.47. The topological polar surface area (TPSA) is 210 Å². The van der Waals surface area contributed by atoms with Crippen molar-refractivity contribution in [2.24, 2.45) is 0 Å². The highest BCUT2D eigenvalue weighted by Gasteiger charge is 2.51. The van der Waals surface area contributed by atoms with Crippen LogP contribution < -0.4 is 0 Å². The monoisotopic (exact) mass is 861 g/mol. The van der Waals surface area contributed by atoms with E-state index >= 15 is 0 Å². The number of phosphoric ester groups is 1. The molecule has 0 spiro atoms. The molecule has 1 aliphatic carbocycles. The number of ether oxygens (including phenoxy) is 2. The van der Waals surface area contributed by atoms with Crippen molar-refractivity contribution in [3.05, 3.63) is 36.5 Å². The van der Waals surface area contributed by atoms with Gasteiger partial charge in [0.15, 0.2) is 6.10 Å². The van der Waals surface area contributed by atoms with Gasteiger partial charge in [-0.15, -0.1) is 0 Å². The molecule has 0 bridgehead atoms. The van der Waals surface area contributed by atoms with E-state index in [1.54, 1.807) is 0 Å². The second kappa shape index (κ2) is 35.6. The van der Waals surface area contributed by atoms with Gasteiger partial charge in [-0.1, -0.05) is 134 Å². The minimum absolute atomic E-state index is 0.0848. The van der Waals surface area contributed by atoms with Crippen LogP contribution in [0.4, 0.5) is 0 Å². The standard InChI is InChI=1S/C45H81O13P/c1-3-5-7-9-11-13-15-17-18-19-20-22-23-25-27-29-31-33-38(46)55-35-37(36-56-59(53,54)58-45-43(51)41(49)40(48)42(50)44(45)52)57-39(47)34-32-30-28-26-24-21-16-14-12-10-8-6-4-2/h11,13-14,16-18,37,40-45,48-52H,3-10,12,15,19-36H2,1-2H3,(H,53,54)/b13-11+,16-14+,18-17+/t37-,40?,41-,42?,43?,44?,45?/m0/s1. The molecule has 1 rings (SSSR count). The maximum Gasteiger partial charge on any atom is 0.472 e. The predicted octanol–water partition coefficient (Wildman–Crippen LogP) is 8.61. The van der Waals surface area contributed by atoms with Crippen LogP contribution in [-0.2, 0) is 32.7 Å². The zero-order valence-electron chi connectivity index (χ0n) is 36.3. The van der Waals surface area contributed by atoms with Crippen LogP contribution in [0.25, 0.3) is 0 Å². The Morgan fingerprint density at radius 2 is 0.915 bits per heavy atom. The summed E-state index contributed by atoms with van der Waals surface area (Å²) in [4.78, 5) is 35.6. The van der Waals surface area contributed by atoms with Crippen molar-refractivity contribution in [1.82, 2.24) is 0 Å². The van der Waals surface area contributed by atoms with E-state index in [0.717, 1.165) is 83.5 Å². The van der Waals surface area contributed by atoms with Gasteiger partial charge in [0, 0.05) is 12.8 Å².